The van der Waals surface area contributed by atoms with Crippen molar-refractivity contribution in [3.63, 3.8) is 0 Å². The highest BCUT2D eigenvalue weighted by atomic mass is 35.5. The number of furan rings is 1. The zero-order chi connectivity index (χ0) is 16.4. The minimum Gasteiger partial charge on any atom is -0.465 e. The molecule has 4 nitrogen and oxygen atoms in total. The van der Waals surface area contributed by atoms with E-state index in [1.54, 1.807) is 48.8 Å². The van der Waals surface area contributed by atoms with Crippen molar-refractivity contribution in [1.82, 2.24) is 9.78 Å². The van der Waals surface area contributed by atoms with Crippen LogP contribution in [0.3, 0.4) is 0 Å². The summed E-state index contributed by atoms with van der Waals surface area (Å²) in [5.74, 6) is 0.698. The Balaban J connectivity index is 2.06. The number of hydrogen-bond acceptors (Lipinski definition) is 2. The average molecular weight is 347 g/mol. The third kappa shape index (κ3) is 3.33. The first-order valence-electron chi connectivity index (χ1n) is 6.73. The van der Waals surface area contributed by atoms with Crippen LogP contribution in [-0.4, -0.2) is 9.78 Å². The number of halogens is 2. The number of aromatic amines is 1. The predicted octanol–water partition coefficient (Wildman–Crippen LogP) is 2.97. The molecule has 0 unspecified atom stereocenters. The van der Waals surface area contributed by atoms with Crippen LogP contribution < -0.4 is 16.1 Å². The highest BCUT2D eigenvalue weighted by Gasteiger charge is 2.06. The van der Waals surface area contributed by atoms with Crippen molar-refractivity contribution >= 4 is 41.9 Å². The van der Waals surface area contributed by atoms with Crippen molar-refractivity contribution in [2.45, 2.75) is 0 Å². The number of benzene rings is 1. The molecule has 6 heteroatoms. The summed E-state index contributed by atoms with van der Waals surface area (Å²) < 4.78 is 6.54. The number of allylic oxidation sites excluding steroid dienone is 1. The minimum atomic E-state index is -0.238. The van der Waals surface area contributed by atoms with Crippen LogP contribution in [0.25, 0.3) is 24.4 Å². The van der Waals surface area contributed by atoms with E-state index in [2.05, 4.69) is 11.7 Å². The SMILES string of the molecule is C=c1[nH]n(-c2cc(Cl)cc(Cl)c2)c(=O)c1=C/C=C/c1ccco1. The normalized spacial score (nSPS) is 12.3. The lowest BCUT2D eigenvalue weighted by Gasteiger charge is -2.02. The van der Waals surface area contributed by atoms with Gasteiger partial charge in [0.15, 0.2) is 0 Å². The van der Waals surface area contributed by atoms with Gasteiger partial charge in [-0.05, 0) is 42.5 Å². The van der Waals surface area contributed by atoms with E-state index in [1.165, 1.54) is 4.68 Å². The van der Waals surface area contributed by atoms with Gasteiger partial charge in [0.25, 0.3) is 5.56 Å². The van der Waals surface area contributed by atoms with E-state index in [0.717, 1.165) is 0 Å². The van der Waals surface area contributed by atoms with E-state index in [9.17, 15) is 4.79 Å². The van der Waals surface area contributed by atoms with E-state index >= 15 is 0 Å². The van der Waals surface area contributed by atoms with Gasteiger partial charge in [-0.2, -0.15) is 0 Å². The van der Waals surface area contributed by atoms with Crippen molar-refractivity contribution < 1.29 is 4.42 Å². The molecule has 0 aliphatic carbocycles. The lowest BCUT2D eigenvalue weighted by Crippen LogP contribution is -2.33. The molecule has 0 bridgehead atoms. The quantitative estimate of drug-likeness (QED) is 0.792. The van der Waals surface area contributed by atoms with Crippen LogP contribution in [0.2, 0.25) is 10.0 Å². The standard InChI is InChI=1S/C17H12Cl2N2O2/c1-11-16(6-2-4-15-5-3-7-23-15)17(22)21(20-11)14-9-12(18)8-13(19)10-14/h2-10,20H,1H2/b4-2+,16-6?. The highest BCUT2D eigenvalue weighted by Crippen LogP contribution is 2.20. The maximum Gasteiger partial charge on any atom is 0.279 e. The Labute approximate surface area is 141 Å². The molecule has 2 aromatic heterocycles. The van der Waals surface area contributed by atoms with E-state index in [1.807, 2.05) is 6.07 Å². The first-order valence-corrected chi connectivity index (χ1v) is 7.48. The van der Waals surface area contributed by atoms with E-state index in [0.29, 0.717) is 32.1 Å². The highest BCUT2D eigenvalue weighted by molar-refractivity contribution is 6.34. The van der Waals surface area contributed by atoms with Crippen LogP contribution in [0.4, 0.5) is 0 Å². The molecule has 0 saturated carbocycles. The number of nitrogens with zero attached hydrogens (tertiary/aromatic N) is 1. The van der Waals surface area contributed by atoms with Crippen molar-refractivity contribution in [2.24, 2.45) is 0 Å². The summed E-state index contributed by atoms with van der Waals surface area (Å²) in [5, 5.41) is 4.75. The van der Waals surface area contributed by atoms with Gasteiger partial charge in [-0.25, -0.2) is 4.68 Å². The molecule has 0 aliphatic rings. The van der Waals surface area contributed by atoms with Gasteiger partial charge in [-0.15, -0.1) is 0 Å². The number of H-pyrrole nitrogens is 1. The summed E-state index contributed by atoms with van der Waals surface area (Å²) in [7, 11) is 0. The molecular weight excluding hydrogens is 335 g/mol. The van der Waals surface area contributed by atoms with Crippen LogP contribution in [0.5, 0.6) is 0 Å². The van der Waals surface area contributed by atoms with Crippen LogP contribution in [-0.2, 0) is 0 Å². The molecule has 0 atom stereocenters. The minimum absolute atomic E-state index is 0.238. The summed E-state index contributed by atoms with van der Waals surface area (Å²) >= 11 is 12.0. The van der Waals surface area contributed by atoms with Crippen LogP contribution >= 0.6 is 23.2 Å². The molecule has 1 N–H and O–H groups in total. The van der Waals surface area contributed by atoms with Crippen molar-refractivity contribution in [3.05, 3.63) is 79.4 Å². The predicted molar refractivity (Wildman–Crippen MR) is 93.4 cm³/mol. The molecule has 3 aromatic rings. The fraction of sp³-hybridized carbons (Fsp3) is 0. The molecule has 0 fully saturated rings. The smallest absolute Gasteiger partial charge is 0.279 e. The number of hydrogen-bond donors (Lipinski definition) is 1. The second-order valence-electron chi connectivity index (χ2n) is 4.81. The molecule has 2 heterocycles. The molecule has 0 aliphatic heterocycles. The lowest BCUT2D eigenvalue weighted by molar-refractivity contribution is 0.557. The van der Waals surface area contributed by atoms with Crippen molar-refractivity contribution in [1.29, 1.82) is 0 Å². The summed E-state index contributed by atoms with van der Waals surface area (Å²) in [6.45, 7) is 3.86. The topological polar surface area (TPSA) is 50.9 Å². The van der Waals surface area contributed by atoms with Gasteiger partial charge in [-0.3, -0.25) is 9.89 Å². The van der Waals surface area contributed by atoms with Gasteiger partial charge in [-0.1, -0.05) is 35.9 Å². The van der Waals surface area contributed by atoms with E-state index in [4.69, 9.17) is 27.6 Å². The molecule has 3 rings (SSSR count). The second-order valence-corrected chi connectivity index (χ2v) is 5.69. The Morgan fingerprint density at radius 3 is 2.61 bits per heavy atom. The average Bonchev–Trinajstić information content (AvgIpc) is 3.09. The van der Waals surface area contributed by atoms with Gasteiger partial charge < -0.3 is 4.42 Å². The van der Waals surface area contributed by atoms with Crippen LogP contribution in [0.1, 0.15) is 5.76 Å². The molecule has 0 saturated heterocycles. The molecule has 0 amide bonds. The Hall–Kier alpha value is -2.43. The summed E-state index contributed by atoms with van der Waals surface area (Å²) in [4.78, 5) is 12.5. The number of nitrogens with one attached hydrogen (secondary N) is 1. The van der Waals surface area contributed by atoms with Crippen molar-refractivity contribution in [3.8, 4) is 5.69 Å². The maximum absolute atomic E-state index is 12.5. The van der Waals surface area contributed by atoms with Gasteiger partial charge >= 0.3 is 0 Å². The largest absolute Gasteiger partial charge is 0.465 e. The summed E-state index contributed by atoms with van der Waals surface area (Å²) in [6.07, 6.45) is 6.74. The third-order valence-corrected chi connectivity index (χ3v) is 3.61. The van der Waals surface area contributed by atoms with Gasteiger partial charge in [0.2, 0.25) is 0 Å². The first-order chi connectivity index (χ1) is 11.0. The van der Waals surface area contributed by atoms with Gasteiger partial charge in [0.05, 0.1) is 22.5 Å². The Kier molecular flexibility index (Phi) is 4.28. The zero-order valence-electron chi connectivity index (χ0n) is 11.9. The molecule has 23 heavy (non-hydrogen) atoms. The fourth-order valence-corrected chi connectivity index (χ4v) is 2.66. The maximum atomic E-state index is 12.5. The Morgan fingerprint density at radius 1 is 1.22 bits per heavy atom. The lowest BCUT2D eigenvalue weighted by atomic mass is 10.3. The number of rotatable bonds is 3. The van der Waals surface area contributed by atoms with Crippen LogP contribution in [0.15, 0.2) is 51.9 Å². The zero-order valence-corrected chi connectivity index (χ0v) is 13.4. The van der Waals surface area contributed by atoms with Crippen LogP contribution in [0, 0.1) is 0 Å². The number of aromatic nitrogens is 2. The molecule has 0 radical (unpaired) electrons. The van der Waals surface area contributed by atoms with Gasteiger partial charge in [0.1, 0.15) is 5.76 Å². The third-order valence-electron chi connectivity index (χ3n) is 3.18. The summed E-state index contributed by atoms with van der Waals surface area (Å²) in [5.41, 5.74) is 0.310. The Morgan fingerprint density at radius 2 is 1.96 bits per heavy atom. The van der Waals surface area contributed by atoms with E-state index in [-0.39, 0.29) is 5.56 Å². The molecule has 0 spiro atoms. The molecule has 1 aromatic carbocycles. The fourth-order valence-electron chi connectivity index (χ4n) is 2.14. The molecular formula is C17H12Cl2N2O2. The second kappa shape index (κ2) is 6.36. The van der Waals surface area contributed by atoms with E-state index < -0.39 is 0 Å². The molecule has 116 valence electrons. The monoisotopic (exact) mass is 346 g/mol. The van der Waals surface area contributed by atoms with Crippen molar-refractivity contribution in [2.75, 3.05) is 0 Å². The van der Waals surface area contributed by atoms with Gasteiger partial charge in [0, 0.05) is 10.0 Å². The summed E-state index contributed by atoms with van der Waals surface area (Å²) in [6, 6.07) is 8.50. The Bertz CT molecular complexity index is 1010. The first kappa shape index (κ1) is 15.5.